The van der Waals surface area contributed by atoms with E-state index < -0.39 is 0 Å². The molecule has 0 radical (unpaired) electrons. The molecular formula is C9H17Cl2N. The molecule has 0 atom stereocenters. The molecule has 0 saturated heterocycles. The minimum atomic E-state index is 0.676. The second kappa shape index (κ2) is 11.2. The van der Waals surface area contributed by atoms with Crippen LogP contribution < -0.4 is 0 Å². The zero-order chi connectivity index (χ0) is 9.07. The van der Waals surface area contributed by atoms with Crippen molar-refractivity contribution in [3.05, 3.63) is 0 Å². The zero-order valence-electron chi connectivity index (χ0n) is 7.44. The van der Waals surface area contributed by atoms with Gasteiger partial charge < -0.3 is 0 Å². The molecule has 0 aromatic rings. The van der Waals surface area contributed by atoms with E-state index in [1.54, 1.807) is 0 Å². The molecule has 0 N–H and O–H groups in total. The lowest BCUT2D eigenvalue weighted by molar-refractivity contribution is 0.678. The minimum absolute atomic E-state index is 0.676. The van der Waals surface area contributed by atoms with Crippen molar-refractivity contribution in [3.63, 3.8) is 0 Å². The van der Waals surface area contributed by atoms with E-state index in [4.69, 9.17) is 23.2 Å². The summed E-state index contributed by atoms with van der Waals surface area (Å²) in [4.78, 5) is 4.22. The highest BCUT2D eigenvalue weighted by Gasteiger charge is 1.86. The fourth-order valence-corrected chi connectivity index (χ4v) is 1.17. The first-order valence-corrected chi connectivity index (χ1v) is 5.59. The Morgan fingerprint density at radius 1 is 0.917 bits per heavy atom. The average molecular weight is 210 g/mol. The average Bonchev–Trinajstić information content (AvgIpc) is 2.10. The summed E-state index contributed by atoms with van der Waals surface area (Å²) < 4.78 is 0. The fraction of sp³-hybridized carbons (Fsp3) is 0.889. The molecule has 0 aliphatic heterocycles. The summed E-state index contributed by atoms with van der Waals surface area (Å²) in [5.41, 5.74) is 0. The number of halogens is 2. The molecule has 0 bridgehead atoms. The minimum Gasteiger partial charge on any atom is -0.297 e. The summed E-state index contributed by atoms with van der Waals surface area (Å²) in [6.45, 7) is 0.944. The molecule has 0 spiro atoms. The third-order valence-electron chi connectivity index (χ3n) is 1.54. The molecule has 0 aliphatic rings. The van der Waals surface area contributed by atoms with Gasteiger partial charge in [0.25, 0.3) is 0 Å². The van der Waals surface area contributed by atoms with Crippen molar-refractivity contribution in [2.45, 2.75) is 32.1 Å². The normalized spacial score (nSPS) is 11.2. The molecule has 72 valence electrons. The van der Waals surface area contributed by atoms with Gasteiger partial charge in [-0.1, -0.05) is 12.8 Å². The quantitative estimate of drug-likeness (QED) is 0.330. The maximum absolute atomic E-state index is 5.54. The Morgan fingerprint density at radius 2 is 1.67 bits per heavy atom. The van der Waals surface area contributed by atoms with E-state index in [1.165, 1.54) is 19.3 Å². The van der Waals surface area contributed by atoms with Crippen LogP contribution >= 0.6 is 23.2 Å². The molecule has 3 heteroatoms. The third kappa shape index (κ3) is 10.2. The van der Waals surface area contributed by atoms with Crippen LogP contribution in [0.1, 0.15) is 32.1 Å². The van der Waals surface area contributed by atoms with Crippen LogP contribution in [0.2, 0.25) is 0 Å². The third-order valence-corrected chi connectivity index (χ3v) is 2.02. The fourth-order valence-electron chi connectivity index (χ4n) is 0.883. The number of rotatable bonds is 8. The predicted molar refractivity (Wildman–Crippen MR) is 57.9 cm³/mol. The first kappa shape index (κ1) is 12.2. The predicted octanol–water partition coefficient (Wildman–Crippen LogP) is 3.49. The molecule has 0 aromatic heterocycles. The van der Waals surface area contributed by atoms with E-state index in [9.17, 15) is 0 Å². The van der Waals surface area contributed by atoms with Crippen molar-refractivity contribution < 1.29 is 0 Å². The SMILES string of the molecule is ClCCC=NCCCCCCCl. The largest absolute Gasteiger partial charge is 0.297 e. The summed E-state index contributed by atoms with van der Waals surface area (Å²) in [7, 11) is 0. The van der Waals surface area contributed by atoms with Gasteiger partial charge >= 0.3 is 0 Å². The highest BCUT2D eigenvalue weighted by molar-refractivity contribution is 6.18. The molecule has 0 heterocycles. The monoisotopic (exact) mass is 209 g/mol. The summed E-state index contributed by atoms with van der Waals surface area (Å²) >= 11 is 11.0. The van der Waals surface area contributed by atoms with Gasteiger partial charge in [-0.3, -0.25) is 4.99 Å². The van der Waals surface area contributed by atoms with Gasteiger partial charge in [0.2, 0.25) is 0 Å². The van der Waals surface area contributed by atoms with Gasteiger partial charge in [0.05, 0.1) is 0 Å². The number of hydrogen-bond acceptors (Lipinski definition) is 1. The van der Waals surface area contributed by atoms with Crippen molar-refractivity contribution in [1.29, 1.82) is 0 Å². The Hall–Kier alpha value is 0.250. The van der Waals surface area contributed by atoms with E-state index in [0.29, 0.717) is 5.88 Å². The Kier molecular flexibility index (Phi) is 11.5. The van der Waals surface area contributed by atoms with Gasteiger partial charge in [0.1, 0.15) is 0 Å². The Bertz CT molecular complexity index is 105. The lowest BCUT2D eigenvalue weighted by Gasteiger charge is -1.95. The number of hydrogen-bond donors (Lipinski definition) is 0. The van der Waals surface area contributed by atoms with Crippen molar-refractivity contribution >= 4 is 29.4 Å². The van der Waals surface area contributed by atoms with Crippen LogP contribution in [0.3, 0.4) is 0 Å². The molecule has 0 saturated carbocycles. The van der Waals surface area contributed by atoms with E-state index in [-0.39, 0.29) is 0 Å². The molecule has 12 heavy (non-hydrogen) atoms. The Morgan fingerprint density at radius 3 is 2.33 bits per heavy atom. The molecule has 0 aromatic carbocycles. The van der Waals surface area contributed by atoms with Crippen molar-refractivity contribution in [2.75, 3.05) is 18.3 Å². The first-order valence-electron chi connectivity index (χ1n) is 4.52. The standard InChI is InChI=1S/C9H17Cl2N/c10-6-3-1-2-4-8-12-9-5-7-11/h9H,1-8H2. The van der Waals surface area contributed by atoms with E-state index in [1.807, 2.05) is 6.21 Å². The molecule has 1 nitrogen and oxygen atoms in total. The second-order valence-corrected chi connectivity index (χ2v) is 3.43. The van der Waals surface area contributed by atoms with Crippen LogP contribution in [0, 0.1) is 0 Å². The molecule has 0 fully saturated rings. The Balaban J connectivity index is 2.90. The maximum Gasteiger partial charge on any atom is 0.0385 e. The summed E-state index contributed by atoms with van der Waals surface area (Å²) in [5.74, 6) is 1.46. The number of nitrogens with zero attached hydrogens (tertiary/aromatic N) is 1. The van der Waals surface area contributed by atoms with Gasteiger partial charge in [-0.25, -0.2) is 0 Å². The van der Waals surface area contributed by atoms with Crippen LogP contribution in [0.25, 0.3) is 0 Å². The van der Waals surface area contributed by atoms with E-state index >= 15 is 0 Å². The molecule has 0 aliphatic carbocycles. The smallest absolute Gasteiger partial charge is 0.0385 e. The summed E-state index contributed by atoms with van der Waals surface area (Å²) in [6, 6.07) is 0. The Labute approximate surface area is 85.2 Å². The topological polar surface area (TPSA) is 12.4 Å². The highest BCUT2D eigenvalue weighted by atomic mass is 35.5. The lowest BCUT2D eigenvalue weighted by atomic mass is 10.2. The first-order chi connectivity index (χ1) is 5.91. The van der Waals surface area contributed by atoms with Crippen molar-refractivity contribution in [3.8, 4) is 0 Å². The molecule has 0 unspecified atom stereocenters. The van der Waals surface area contributed by atoms with Gasteiger partial charge in [-0.05, 0) is 25.5 Å². The van der Waals surface area contributed by atoms with Crippen molar-refractivity contribution in [2.24, 2.45) is 4.99 Å². The van der Waals surface area contributed by atoms with E-state index in [2.05, 4.69) is 4.99 Å². The van der Waals surface area contributed by atoms with Crippen LogP contribution in [0.5, 0.6) is 0 Å². The molecule has 0 amide bonds. The van der Waals surface area contributed by atoms with Crippen molar-refractivity contribution in [1.82, 2.24) is 0 Å². The number of alkyl halides is 2. The molecular weight excluding hydrogens is 193 g/mol. The zero-order valence-corrected chi connectivity index (χ0v) is 8.95. The van der Waals surface area contributed by atoms with Crippen LogP contribution in [0.15, 0.2) is 4.99 Å². The number of aliphatic imine (C=N–C) groups is 1. The van der Waals surface area contributed by atoms with Gasteiger partial charge in [0, 0.05) is 18.3 Å². The second-order valence-electron chi connectivity index (χ2n) is 2.67. The van der Waals surface area contributed by atoms with Gasteiger partial charge in [-0.2, -0.15) is 0 Å². The summed E-state index contributed by atoms with van der Waals surface area (Å²) in [6.07, 6.45) is 7.58. The van der Waals surface area contributed by atoms with E-state index in [0.717, 1.165) is 25.3 Å². The van der Waals surface area contributed by atoms with Gasteiger partial charge in [0.15, 0.2) is 0 Å². The lowest BCUT2D eigenvalue weighted by Crippen LogP contribution is -1.85. The number of unbranched alkanes of at least 4 members (excludes halogenated alkanes) is 3. The van der Waals surface area contributed by atoms with Crippen LogP contribution in [0.4, 0.5) is 0 Å². The van der Waals surface area contributed by atoms with Crippen LogP contribution in [-0.2, 0) is 0 Å². The van der Waals surface area contributed by atoms with Gasteiger partial charge in [-0.15, -0.1) is 23.2 Å². The maximum atomic E-state index is 5.54. The van der Waals surface area contributed by atoms with Crippen LogP contribution in [-0.4, -0.2) is 24.5 Å². The highest BCUT2D eigenvalue weighted by Crippen LogP contribution is 2.00. The summed E-state index contributed by atoms with van der Waals surface area (Å²) in [5, 5.41) is 0. The molecule has 0 rings (SSSR count).